The minimum atomic E-state index is -0.834. The summed E-state index contributed by atoms with van der Waals surface area (Å²) in [6.45, 7) is 1.53. The molecule has 0 aliphatic rings. The van der Waals surface area contributed by atoms with Crippen molar-refractivity contribution in [1.29, 1.82) is 0 Å². The highest BCUT2D eigenvalue weighted by molar-refractivity contribution is 5.88. The lowest BCUT2D eigenvalue weighted by atomic mass is 10.0. The number of hydrogen-bond donors (Lipinski definition) is 3. The monoisotopic (exact) mass is 308 g/mol. The maximum Gasteiger partial charge on any atom is 0.328 e. The zero-order chi connectivity index (χ0) is 16.5. The Morgan fingerprint density at radius 2 is 1.86 bits per heavy atom. The molecule has 120 valence electrons. The standard InChI is InChI=1S/C15H20N2O5/c1-10(8-13(18)17-21)14(19)16-12(15(20)22-2)9-11-6-4-3-5-7-11/h3-7,10,12,21H,8-9H2,1-2H3,(H,16,19)(H,17,18)/t10?,12-/m0/s1. The molecule has 3 N–H and O–H groups in total. The highest BCUT2D eigenvalue weighted by atomic mass is 16.5. The van der Waals surface area contributed by atoms with Crippen LogP contribution < -0.4 is 10.8 Å². The summed E-state index contributed by atoms with van der Waals surface area (Å²) in [6.07, 6.45) is 0.111. The zero-order valence-electron chi connectivity index (χ0n) is 12.5. The first-order chi connectivity index (χ1) is 10.5. The highest BCUT2D eigenvalue weighted by Crippen LogP contribution is 2.07. The molecule has 0 aliphatic carbocycles. The number of hydrogen-bond acceptors (Lipinski definition) is 5. The third-order valence-electron chi connectivity index (χ3n) is 3.15. The Labute approximate surface area is 128 Å². The highest BCUT2D eigenvalue weighted by Gasteiger charge is 2.25. The molecule has 0 saturated heterocycles. The molecule has 1 rings (SSSR count). The van der Waals surface area contributed by atoms with E-state index < -0.39 is 29.7 Å². The van der Waals surface area contributed by atoms with Gasteiger partial charge in [0.15, 0.2) is 0 Å². The smallest absolute Gasteiger partial charge is 0.328 e. The van der Waals surface area contributed by atoms with Gasteiger partial charge in [-0.15, -0.1) is 0 Å². The minimum absolute atomic E-state index is 0.179. The summed E-state index contributed by atoms with van der Waals surface area (Å²) in [5, 5.41) is 11.0. The number of rotatable bonds is 7. The maximum absolute atomic E-state index is 12.0. The third kappa shape index (κ3) is 5.53. The van der Waals surface area contributed by atoms with Crippen LogP contribution in [0.15, 0.2) is 30.3 Å². The lowest BCUT2D eigenvalue weighted by Gasteiger charge is -2.19. The van der Waals surface area contributed by atoms with Crippen molar-refractivity contribution in [3.05, 3.63) is 35.9 Å². The van der Waals surface area contributed by atoms with Crippen molar-refractivity contribution in [2.24, 2.45) is 5.92 Å². The van der Waals surface area contributed by atoms with Gasteiger partial charge in [-0.3, -0.25) is 14.8 Å². The van der Waals surface area contributed by atoms with E-state index in [1.165, 1.54) is 19.5 Å². The Morgan fingerprint density at radius 1 is 1.23 bits per heavy atom. The summed E-state index contributed by atoms with van der Waals surface area (Å²) >= 11 is 0. The Balaban J connectivity index is 2.70. The zero-order valence-corrected chi connectivity index (χ0v) is 12.5. The molecule has 0 heterocycles. The molecule has 0 radical (unpaired) electrons. The van der Waals surface area contributed by atoms with Gasteiger partial charge in [0.1, 0.15) is 6.04 Å². The third-order valence-corrected chi connectivity index (χ3v) is 3.15. The number of methoxy groups -OCH3 is 1. The Kier molecular flexibility index (Phi) is 7.04. The van der Waals surface area contributed by atoms with Crippen LogP contribution >= 0.6 is 0 Å². The second-order valence-corrected chi connectivity index (χ2v) is 4.91. The second-order valence-electron chi connectivity index (χ2n) is 4.91. The van der Waals surface area contributed by atoms with E-state index in [1.807, 2.05) is 30.3 Å². The fourth-order valence-corrected chi connectivity index (χ4v) is 1.92. The summed E-state index contributed by atoms with van der Waals surface area (Å²) < 4.78 is 4.69. The Bertz CT molecular complexity index is 518. The number of benzene rings is 1. The first-order valence-electron chi connectivity index (χ1n) is 6.83. The molecule has 0 saturated carbocycles. The van der Waals surface area contributed by atoms with Gasteiger partial charge in [0, 0.05) is 18.8 Å². The fourth-order valence-electron chi connectivity index (χ4n) is 1.92. The lowest BCUT2D eigenvalue weighted by molar-refractivity contribution is -0.145. The summed E-state index contributed by atoms with van der Waals surface area (Å²) in [7, 11) is 1.25. The molecule has 0 bridgehead atoms. The molecule has 7 heteroatoms. The molecule has 7 nitrogen and oxygen atoms in total. The van der Waals surface area contributed by atoms with Gasteiger partial charge >= 0.3 is 5.97 Å². The molecule has 0 aliphatic heterocycles. The summed E-state index contributed by atoms with van der Waals surface area (Å²) in [5.41, 5.74) is 2.34. The number of esters is 1. The molecule has 1 aromatic rings. The molecule has 22 heavy (non-hydrogen) atoms. The van der Waals surface area contributed by atoms with Gasteiger partial charge in [-0.2, -0.15) is 0 Å². The van der Waals surface area contributed by atoms with Crippen molar-refractivity contribution < 1.29 is 24.3 Å². The van der Waals surface area contributed by atoms with Crippen LogP contribution in [0.25, 0.3) is 0 Å². The average Bonchev–Trinajstić information content (AvgIpc) is 2.54. The normalized spacial score (nSPS) is 12.9. The molecule has 0 aromatic heterocycles. The van der Waals surface area contributed by atoms with E-state index in [1.54, 1.807) is 0 Å². The summed E-state index contributed by atoms with van der Waals surface area (Å²) in [4.78, 5) is 34.9. The molecule has 1 unspecified atom stereocenters. The van der Waals surface area contributed by atoms with E-state index in [2.05, 4.69) is 5.32 Å². The van der Waals surface area contributed by atoms with Crippen LogP contribution in [0.3, 0.4) is 0 Å². The lowest BCUT2D eigenvalue weighted by Crippen LogP contribution is -2.45. The van der Waals surface area contributed by atoms with Gasteiger partial charge in [-0.05, 0) is 5.56 Å². The van der Waals surface area contributed by atoms with Gasteiger partial charge in [0.2, 0.25) is 11.8 Å². The molecule has 1 aromatic carbocycles. The van der Waals surface area contributed by atoms with Crippen LogP contribution in [0.1, 0.15) is 18.9 Å². The SMILES string of the molecule is COC(=O)[C@H](Cc1ccccc1)NC(=O)C(C)CC(=O)NO. The summed E-state index contributed by atoms with van der Waals surface area (Å²) in [6, 6.07) is 8.36. The van der Waals surface area contributed by atoms with E-state index in [0.717, 1.165) is 5.56 Å². The van der Waals surface area contributed by atoms with E-state index in [9.17, 15) is 14.4 Å². The molecule has 2 amide bonds. The van der Waals surface area contributed by atoms with E-state index >= 15 is 0 Å². The number of nitrogens with one attached hydrogen (secondary N) is 2. The topological polar surface area (TPSA) is 105 Å². The average molecular weight is 308 g/mol. The van der Waals surface area contributed by atoms with Crippen molar-refractivity contribution in [1.82, 2.24) is 10.8 Å². The van der Waals surface area contributed by atoms with Gasteiger partial charge in [0.05, 0.1) is 7.11 Å². The van der Waals surface area contributed by atoms with Crippen molar-refractivity contribution in [2.45, 2.75) is 25.8 Å². The maximum atomic E-state index is 12.0. The van der Waals surface area contributed by atoms with Gasteiger partial charge in [-0.25, -0.2) is 10.3 Å². The molecular formula is C15H20N2O5. The fraction of sp³-hybridized carbons (Fsp3) is 0.400. The molecule has 0 fully saturated rings. The van der Waals surface area contributed by atoms with Crippen molar-refractivity contribution >= 4 is 17.8 Å². The number of amides is 2. The predicted molar refractivity (Wildman–Crippen MR) is 77.8 cm³/mol. The minimum Gasteiger partial charge on any atom is -0.467 e. The predicted octanol–water partition coefficient (Wildman–Crippen LogP) is 0.419. The van der Waals surface area contributed by atoms with Gasteiger partial charge in [-0.1, -0.05) is 37.3 Å². The first kappa shape index (κ1) is 17.6. The van der Waals surface area contributed by atoms with Crippen molar-refractivity contribution in [2.75, 3.05) is 7.11 Å². The van der Waals surface area contributed by atoms with Crippen LogP contribution in [-0.4, -0.2) is 36.1 Å². The molecular weight excluding hydrogens is 288 g/mol. The number of ether oxygens (including phenoxy) is 1. The van der Waals surface area contributed by atoms with Crippen molar-refractivity contribution in [3.63, 3.8) is 0 Å². The van der Waals surface area contributed by atoms with Gasteiger partial charge < -0.3 is 10.1 Å². The van der Waals surface area contributed by atoms with E-state index in [4.69, 9.17) is 9.94 Å². The first-order valence-corrected chi connectivity index (χ1v) is 6.83. The van der Waals surface area contributed by atoms with Crippen LogP contribution in [0, 0.1) is 5.92 Å². The van der Waals surface area contributed by atoms with Crippen LogP contribution in [0.5, 0.6) is 0 Å². The largest absolute Gasteiger partial charge is 0.467 e. The molecule has 0 spiro atoms. The van der Waals surface area contributed by atoms with Crippen molar-refractivity contribution in [3.8, 4) is 0 Å². The van der Waals surface area contributed by atoms with E-state index in [0.29, 0.717) is 0 Å². The summed E-state index contributed by atoms with van der Waals surface area (Å²) in [5.74, 6) is -2.37. The second kappa shape index (κ2) is 8.78. The Hall–Kier alpha value is -2.41. The number of carbonyl (C=O) groups is 3. The van der Waals surface area contributed by atoms with Crippen LogP contribution in [0.4, 0.5) is 0 Å². The molecule has 2 atom stereocenters. The quantitative estimate of drug-likeness (QED) is 0.385. The van der Waals surface area contributed by atoms with Crippen LogP contribution in [-0.2, 0) is 25.5 Å². The Morgan fingerprint density at radius 3 is 2.41 bits per heavy atom. The number of hydroxylamine groups is 1. The number of carbonyl (C=O) groups excluding carboxylic acids is 3. The van der Waals surface area contributed by atoms with Crippen LogP contribution in [0.2, 0.25) is 0 Å². The van der Waals surface area contributed by atoms with Gasteiger partial charge in [0.25, 0.3) is 0 Å². The van der Waals surface area contributed by atoms with E-state index in [-0.39, 0.29) is 12.8 Å².